The third-order valence-electron chi connectivity index (χ3n) is 5.55. The molecular weight excluding hydrogens is 386 g/mol. The highest BCUT2D eigenvalue weighted by molar-refractivity contribution is 7.16. The molecule has 0 spiro atoms. The largest absolute Gasteiger partial charge is 0.351 e. The molecule has 0 radical (unpaired) electrons. The van der Waals surface area contributed by atoms with Crippen LogP contribution in [0, 0.1) is 0 Å². The molecule has 0 bridgehead atoms. The summed E-state index contributed by atoms with van der Waals surface area (Å²) >= 11 is 1.50. The molecule has 152 valence electrons. The van der Waals surface area contributed by atoms with Gasteiger partial charge in [-0.3, -0.25) is 14.3 Å². The van der Waals surface area contributed by atoms with Gasteiger partial charge in [-0.2, -0.15) is 0 Å². The Morgan fingerprint density at radius 3 is 2.55 bits per heavy atom. The van der Waals surface area contributed by atoms with E-state index in [9.17, 15) is 9.59 Å². The topological polar surface area (TPSA) is 84.5 Å². The number of hydrogen-bond acceptors (Lipinski definition) is 5. The first-order valence-corrected chi connectivity index (χ1v) is 10.8. The van der Waals surface area contributed by atoms with Crippen molar-refractivity contribution in [1.82, 2.24) is 19.4 Å². The van der Waals surface area contributed by atoms with Gasteiger partial charge in [0.25, 0.3) is 5.56 Å². The Hall–Kier alpha value is -2.71. The number of aromatic nitrogens is 2. The number of thiophene rings is 1. The third-order valence-corrected chi connectivity index (χ3v) is 6.35. The van der Waals surface area contributed by atoms with Crippen molar-refractivity contribution in [3.05, 3.63) is 63.5 Å². The maximum atomic E-state index is 13.3. The molecule has 0 saturated carbocycles. The summed E-state index contributed by atoms with van der Waals surface area (Å²) in [6.07, 6.45) is 0.828. The van der Waals surface area contributed by atoms with Gasteiger partial charge in [0.2, 0.25) is 0 Å². The molecular formula is C21H25N5O2S. The van der Waals surface area contributed by atoms with E-state index in [4.69, 9.17) is 10.7 Å². The van der Waals surface area contributed by atoms with Crippen molar-refractivity contribution in [3.8, 4) is 0 Å². The Balaban J connectivity index is 1.73. The third kappa shape index (κ3) is 3.90. The van der Waals surface area contributed by atoms with E-state index in [0.717, 1.165) is 22.6 Å². The molecule has 1 aliphatic heterocycles. The van der Waals surface area contributed by atoms with Crippen molar-refractivity contribution in [2.75, 3.05) is 26.2 Å². The van der Waals surface area contributed by atoms with Crippen molar-refractivity contribution in [2.24, 2.45) is 5.73 Å². The maximum absolute atomic E-state index is 13.3. The quantitative estimate of drug-likeness (QED) is 0.700. The average molecular weight is 412 g/mol. The Morgan fingerprint density at radius 1 is 1.17 bits per heavy atom. The molecule has 0 aliphatic carbocycles. The molecule has 2 amide bonds. The van der Waals surface area contributed by atoms with E-state index in [1.807, 2.05) is 46.3 Å². The number of nitrogens with two attached hydrogens (primary N) is 1. The summed E-state index contributed by atoms with van der Waals surface area (Å²) in [7, 11) is 0. The molecule has 1 aliphatic rings. The second-order valence-corrected chi connectivity index (χ2v) is 8.17. The maximum Gasteiger partial charge on any atom is 0.314 e. The van der Waals surface area contributed by atoms with Gasteiger partial charge >= 0.3 is 6.03 Å². The van der Waals surface area contributed by atoms with Crippen LogP contribution >= 0.6 is 11.3 Å². The average Bonchev–Trinajstić information content (AvgIpc) is 3.21. The predicted molar refractivity (Wildman–Crippen MR) is 115 cm³/mol. The van der Waals surface area contributed by atoms with Crippen LogP contribution in [-0.2, 0) is 6.54 Å². The lowest BCUT2D eigenvalue weighted by Crippen LogP contribution is -2.51. The number of rotatable bonds is 5. The number of benzene rings is 1. The summed E-state index contributed by atoms with van der Waals surface area (Å²) in [6.45, 7) is 5.22. The molecule has 1 saturated heterocycles. The zero-order chi connectivity index (χ0) is 20.4. The van der Waals surface area contributed by atoms with Gasteiger partial charge in [0, 0.05) is 26.2 Å². The molecule has 1 fully saturated rings. The van der Waals surface area contributed by atoms with Crippen molar-refractivity contribution < 1.29 is 4.79 Å². The van der Waals surface area contributed by atoms with E-state index in [0.29, 0.717) is 38.1 Å². The van der Waals surface area contributed by atoms with Gasteiger partial charge in [0.05, 0.1) is 18.0 Å². The highest BCUT2D eigenvalue weighted by atomic mass is 32.1. The summed E-state index contributed by atoms with van der Waals surface area (Å²) in [6, 6.07) is 11.5. The number of fused-ring (bicyclic) bond motifs is 1. The fourth-order valence-corrected chi connectivity index (χ4v) is 4.76. The van der Waals surface area contributed by atoms with Gasteiger partial charge in [0.15, 0.2) is 0 Å². The zero-order valence-corrected chi connectivity index (χ0v) is 17.3. The van der Waals surface area contributed by atoms with Crippen molar-refractivity contribution in [3.63, 3.8) is 0 Å². The summed E-state index contributed by atoms with van der Waals surface area (Å²) in [5.74, 6) is 0.795. The number of hydrogen-bond donors (Lipinski definition) is 1. The Labute approximate surface area is 173 Å². The lowest BCUT2D eigenvalue weighted by Gasteiger charge is -2.38. The van der Waals surface area contributed by atoms with Crippen LogP contribution in [0.2, 0.25) is 0 Å². The van der Waals surface area contributed by atoms with E-state index in [1.54, 1.807) is 4.90 Å². The molecule has 2 aromatic heterocycles. The second kappa shape index (κ2) is 8.34. The van der Waals surface area contributed by atoms with Gasteiger partial charge in [-0.1, -0.05) is 37.3 Å². The summed E-state index contributed by atoms with van der Waals surface area (Å²) in [5.41, 5.74) is 6.50. The van der Waals surface area contributed by atoms with Gasteiger partial charge < -0.3 is 10.6 Å². The van der Waals surface area contributed by atoms with E-state index in [1.165, 1.54) is 11.3 Å². The van der Waals surface area contributed by atoms with E-state index in [-0.39, 0.29) is 17.6 Å². The number of piperazine rings is 1. The molecule has 1 atom stereocenters. The van der Waals surface area contributed by atoms with Crippen LogP contribution in [-0.4, -0.2) is 51.6 Å². The number of carbonyl (C=O) groups excluding carboxylic acids is 1. The summed E-state index contributed by atoms with van der Waals surface area (Å²) in [4.78, 5) is 34.4. The SMILES string of the molecule is CCC(c1nc2sccc2c(=O)n1Cc1ccccc1)N1CCN(C(N)=O)CC1. The number of primary amides is 1. The second-order valence-electron chi connectivity index (χ2n) is 7.27. The van der Waals surface area contributed by atoms with Crippen molar-refractivity contribution in [1.29, 1.82) is 0 Å². The minimum Gasteiger partial charge on any atom is -0.351 e. The van der Waals surface area contributed by atoms with Crippen LogP contribution in [0.1, 0.15) is 30.8 Å². The molecule has 8 heteroatoms. The first-order valence-electron chi connectivity index (χ1n) is 9.88. The number of urea groups is 1. The molecule has 1 aromatic carbocycles. The van der Waals surface area contributed by atoms with Crippen LogP contribution in [0.3, 0.4) is 0 Å². The summed E-state index contributed by atoms with van der Waals surface area (Å²) < 4.78 is 1.82. The lowest BCUT2D eigenvalue weighted by molar-refractivity contribution is 0.104. The minimum absolute atomic E-state index is 0.00400. The van der Waals surface area contributed by atoms with Crippen LogP contribution < -0.4 is 11.3 Å². The van der Waals surface area contributed by atoms with Gasteiger partial charge in [-0.05, 0) is 23.4 Å². The standard InChI is InChI=1S/C21H25N5O2S/c1-2-17(24-9-11-25(12-10-24)21(22)28)18-23-19-16(8-13-29-19)20(27)26(18)14-15-6-4-3-5-7-15/h3-8,13,17H,2,9-12,14H2,1H3,(H2,22,28). The van der Waals surface area contributed by atoms with E-state index >= 15 is 0 Å². The van der Waals surface area contributed by atoms with Crippen molar-refractivity contribution >= 4 is 27.6 Å². The van der Waals surface area contributed by atoms with Gasteiger partial charge in [-0.15, -0.1) is 11.3 Å². The first kappa shape index (κ1) is 19.6. The monoisotopic (exact) mass is 411 g/mol. The lowest BCUT2D eigenvalue weighted by atomic mass is 10.1. The Morgan fingerprint density at radius 2 is 1.90 bits per heavy atom. The smallest absolute Gasteiger partial charge is 0.314 e. The molecule has 7 nitrogen and oxygen atoms in total. The molecule has 3 heterocycles. The van der Waals surface area contributed by atoms with Crippen molar-refractivity contribution in [2.45, 2.75) is 25.9 Å². The fraction of sp³-hybridized carbons (Fsp3) is 0.381. The van der Waals surface area contributed by atoms with Crippen LogP contribution in [0.15, 0.2) is 46.6 Å². The van der Waals surface area contributed by atoms with Crippen LogP contribution in [0.25, 0.3) is 10.2 Å². The highest BCUT2D eigenvalue weighted by Crippen LogP contribution is 2.26. The Kier molecular flexibility index (Phi) is 5.64. The zero-order valence-electron chi connectivity index (χ0n) is 16.5. The Bertz CT molecular complexity index is 1050. The highest BCUT2D eigenvalue weighted by Gasteiger charge is 2.29. The van der Waals surface area contributed by atoms with E-state index < -0.39 is 0 Å². The molecule has 29 heavy (non-hydrogen) atoms. The molecule has 4 rings (SSSR count). The summed E-state index contributed by atoms with van der Waals surface area (Å²) in [5, 5.41) is 2.59. The first-order chi connectivity index (χ1) is 14.1. The molecule has 1 unspecified atom stereocenters. The molecule has 3 aromatic rings. The number of amides is 2. The minimum atomic E-state index is -0.378. The fourth-order valence-electron chi connectivity index (χ4n) is 4.00. The van der Waals surface area contributed by atoms with Gasteiger partial charge in [0.1, 0.15) is 10.7 Å². The van der Waals surface area contributed by atoms with Crippen LogP contribution in [0.4, 0.5) is 4.79 Å². The number of nitrogens with zero attached hydrogens (tertiary/aromatic N) is 4. The van der Waals surface area contributed by atoms with Gasteiger partial charge in [-0.25, -0.2) is 9.78 Å². The number of carbonyl (C=O) groups is 1. The van der Waals surface area contributed by atoms with Crippen LogP contribution in [0.5, 0.6) is 0 Å². The molecule has 2 N–H and O–H groups in total. The van der Waals surface area contributed by atoms with E-state index in [2.05, 4.69) is 11.8 Å². The normalized spacial score (nSPS) is 16.2. The predicted octanol–water partition coefficient (Wildman–Crippen LogP) is 2.65.